The van der Waals surface area contributed by atoms with Crippen molar-refractivity contribution in [2.24, 2.45) is 11.3 Å². The Hall–Kier alpha value is -7.71. The minimum absolute atomic E-state index is 0.0438. The van der Waals surface area contributed by atoms with Crippen LogP contribution >= 0.6 is 11.6 Å². The van der Waals surface area contributed by atoms with Crippen LogP contribution in [-0.4, -0.2) is 196 Å². The van der Waals surface area contributed by atoms with Crippen LogP contribution in [0, 0.1) is 25.2 Å². The summed E-state index contributed by atoms with van der Waals surface area (Å²) >= 11 is 6.36. The van der Waals surface area contributed by atoms with E-state index in [1.54, 1.807) is 59.5 Å². The van der Waals surface area contributed by atoms with Crippen LogP contribution in [0.1, 0.15) is 166 Å². The monoisotopic (exact) mass is 1410 g/mol. The molecule has 26 heteroatoms. The number of aromatic nitrogens is 4. The minimum Gasteiger partial charge on any atom is -0.496 e. The summed E-state index contributed by atoms with van der Waals surface area (Å²) in [4.78, 5) is 80.7. The Morgan fingerprint density at radius 1 is 0.570 bits per heavy atom. The van der Waals surface area contributed by atoms with Crippen molar-refractivity contribution in [3.05, 3.63) is 152 Å². The molecule has 3 saturated heterocycles. The number of ether oxygens (including phenoxy) is 3. The number of likely N-dealkylation sites (tertiary alicyclic amines) is 3. The Morgan fingerprint density at radius 3 is 1.46 bits per heavy atom. The van der Waals surface area contributed by atoms with Gasteiger partial charge in [0.1, 0.15) is 28.6 Å². The first kappa shape index (κ1) is 75.0. The van der Waals surface area contributed by atoms with Gasteiger partial charge in [-0.25, -0.2) is 4.98 Å². The molecular weight excluding hydrogens is 1320 g/mol. The molecule has 19 nitrogen and oxygen atoms in total. The summed E-state index contributed by atoms with van der Waals surface area (Å²) in [7, 11) is 7.61. The van der Waals surface area contributed by atoms with Gasteiger partial charge in [-0.1, -0.05) is 46.2 Å². The normalized spacial score (nSPS) is 18.3. The van der Waals surface area contributed by atoms with E-state index >= 15 is 0 Å². The molecule has 2 aromatic carbocycles. The zero-order valence-corrected chi connectivity index (χ0v) is 59.8. The maximum absolute atomic E-state index is 13.5. The lowest BCUT2D eigenvalue weighted by Crippen LogP contribution is -2.57. The highest BCUT2D eigenvalue weighted by atomic mass is 35.5. The summed E-state index contributed by atoms with van der Waals surface area (Å²) in [6.45, 7) is 21.3. The zero-order valence-electron chi connectivity index (χ0n) is 59.0. The van der Waals surface area contributed by atoms with Crippen molar-refractivity contribution in [2.75, 3.05) is 107 Å². The van der Waals surface area contributed by atoms with Crippen LogP contribution in [0.3, 0.4) is 0 Å². The van der Waals surface area contributed by atoms with E-state index in [0.29, 0.717) is 150 Å². The van der Waals surface area contributed by atoms with Gasteiger partial charge in [-0.15, -0.1) is 0 Å². The number of pyridine rings is 1. The first-order valence-electron chi connectivity index (χ1n) is 34.3. The van der Waals surface area contributed by atoms with Crippen LogP contribution in [0.15, 0.2) is 85.1 Å². The SMILES string of the molecule is CC(C)COc1ccc(C(=O)N2CCC3(CC2)c2ccc(C(=O)C(F)(F)F)n2CCN3C)nc1.COc1ccc(C(=O)N2CCC3(CC2)c2c(Cl)cc(C(F)(F)F)n2CCN3C)cc1C.Cc1cc(C(=O)N2CCC3(CC2)c2ccc(C(=O)C(C)(C)C)n2CCN3C)ccc1OCCCO. The number of likely N-dealkylation sites (N-methyl/N-ethyl adjacent to an activating group) is 3. The van der Waals surface area contributed by atoms with Gasteiger partial charge in [-0.3, -0.25) is 38.7 Å². The van der Waals surface area contributed by atoms with E-state index in [9.17, 15) is 50.3 Å². The van der Waals surface area contributed by atoms with Crippen molar-refractivity contribution in [1.29, 1.82) is 0 Å². The van der Waals surface area contributed by atoms with Crippen LogP contribution in [0.25, 0.3) is 0 Å². The van der Waals surface area contributed by atoms with Crippen molar-refractivity contribution < 1.29 is 69.6 Å². The number of aliphatic hydroxyl groups excluding tert-OH is 1. The minimum atomic E-state index is -4.91. The number of aliphatic hydroxyl groups is 1. The number of ketones is 2. The van der Waals surface area contributed by atoms with Gasteiger partial charge < -0.3 is 47.7 Å². The number of carbonyl (C=O) groups is 5. The molecule has 3 spiro atoms. The first-order valence-corrected chi connectivity index (χ1v) is 34.7. The van der Waals surface area contributed by atoms with Gasteiger partial charge in [0, 0.05) is 119 Å². The quantitative estimate of drug-likeness (QED) is 0.0656. The second-order valence-electron chi connectivity index (χ2n) is 28.7. The Labute approximate surface area is 585 Å². The molecule has 100 heavy (non-hydrogen) atoms. The van der Waals surface area contributed by atoms with Gasteiger partial charge in [0.05, 0.1) is 65.2 Å². The molecule has 4 aromatic heterocycles. The Kier molecular flexibility index (Phi) is 22.3. The Balaban J connectivity index is 0.000000162. The van der Waals surface area contributed by atoms with Crippen molar-refractivity contribution in [3.63, 3.8) is 0 Å². The molecule has 3 amide bonds. The van der Waals surface area contributed by atoms with Crippen molar-refractivity contribution in [3.8, 4) is 17.2 Å². The third-order valence-electron chi connectivity index (χ3n) is 21.1. The maximum atomic E-state index is 13.5. The second-order valence-corrected chi connectivity index (χ2v) is 29.1. The Bertz CT molecular complexity index is 3960. The third kappa shape index (κ3) is 15.0. The molecule has 6 aliphatic heterocycles. The van der Waals surface area contributed by atoms with Gasteiger partial charge in [0.25, 0.3) is 23.5 Å². The number of methoxy groups -OCH3 is 1. The number of alkyl halides is 6. The molecule has 542 valence electrons. The predicted octanol–water partition coefficient (Wildman–Crippen LogP) is 12.2. The van der Waals surface area contributed by atoms with E-state index in [2.05, 4.69) is 37.4 Å². The summed E-state index contributed by atoms with van der Waals surface area (Å²) in [5.41, 5.74) is 3.84. The van der Waals surface area contributed by atoms with Gasteiger partial charge in [-0.2, -0.15) is 26.3 Å². The third-order valence-corrected chi connectivity index (χ3v) is 21.4. The predicted molar refractivity (Wildman–Crippen MR) is 366 cm³/mol. The highest BCUT2D eigenvalue weighted by molar-refractivity contribution is 6.31. The number of halogens is 7. The summed E-state index contributed by atoms with van der Waals surface area (Å²) in [6.07, 6.45) is -3.43. The lowest BCUT2D eigenvalue weighted by atomic mass is 9.81. The second kappa shape index (κ2) is 29.7. The van der Waals surface area contributed by atoms with Crippen LogP contribution in [0.5, 0.6) is 17.2 Å². The molecule has 0 aliphatic carbocycles. The van der Waals surface area contributed by atoms with Crippen LogP contribution in [0.2, 0.25) is 5.02 Å². The van der Waals surface area contributed by atoms with E-state index in [-0.39, 0.29) is 52.9 Å². The topological polar surface area (TPSA) is 180 Å². The highest BCUT2D eigenvalue weighted by Crippen LogP contribution is 2.49. The number of amides is 3. The van der Waals surface area contributed by atoms with Crippen LogP contribution < -0.4 is 14.2 Å². The average molecular weight is 1420 g/mol. The number of piperidine rings is 3. The smallest absolute Gasteiger partial charge is 0.456 e. The van der Waals surface area contributed by atoms with E-state index in [1.165, 1.54) is 20.9 Å². The van der Waals surface area contributed by atoms with Gasteiger partial charge in [0.2, 0.25) is 0 Å². The number of benzene rings is 2. The largest absolute Gasteiger partial charge is 0.496 e. The molecule has 0 unspecified atom stereocenters. The molecule has 0 atom stereocenters. The summed E-state index contributed by atoms with van der Waals surface area (Å²) in [5, 5.41) is 9.09. The standard InChI is InChI=1S/C28H39N3O4.C24H29F3N4O3.C22H25ClF3N3O2/c1-20-19-21(7-9-23(20)35-18-6-17-32)26(34)30-13-11-28(12-14-30)24-10-8-22(25(33)27(2,3)4)31(24)16-15-29(28)5;1-16(2)15-34-17-4-5-18(28-14-17)22(33)30-10-8-23(9-11-30)20-7-6-19(21(32)24(25,26)27)31(20)13-12-29(23)3;1-14-12-15(4-5-17(14)31-3)20(30)28-8-6-21(7-9-28)19-16(23)13-18(22(24,25)26)29(19)11-10-27(21)2/h7-10,19,32H,6,11-18H2,1-5H3;4-7,14,16H,8-13,15H2,1-3H3;4-5,12-13H,6-11H2,1-3H3. The van der Waals surface area contributed by atoms with E-state index < -0.39 is 40.3 Å². The molecule has 0 radical (unpaired) electrons. The van der Waals surface area contributed by atoms with Crippen molar-refractivity contribution in [1.82, 2.24) is 48.1 Å². The van der Waals surface area contributed by atoms with Gasteiger partial charge in [-0.05, 0) is 169 Å². The molecule has 0 saturated carbocycles. The highest BCUT2D eigenvalue weighted by Gasteiger charge is 2.52. The number of Topliss-reactive ketones (excluding diaryl/α,β-unsaturated/α-hetero) is 2. The van der Waals surface area contributed by atoms with E-state index in [4.69, 9.17) is 30.9 Å². The number of aryl methyl sites for hydroxylation is 2. The van der Waals surface area contributed by atoms with Gasteiger partial charge >= 0.3 is 12.4 Å². The molecule has 12 rings (SSSR count). The molecule has 0 bridgehead atoms. The molecular formula is C74H93ClF6N10O9. The molecule has 6 aromatic rings. The van der Waals surface area contributed by atoms with Crippen molar-refractivity contribution >= 4 is 40.9 Å². The Morgan fingerprint density at radius 2 is 1.03 bits per heavy atom. The fourth-order valence-corrected chi connectivity index (χ4v) is 15.7. The number of carbonyl (C=O) groups excluding carboxylic acids is 5. The molecule has 10 heterocycles. The summed E-state index contributed by atoms with van der Waals surface area (Å²) < 4.78 is 101. The fourth-order valence-electron chi connectivity index (χ4n) is 15.3. The van der Waals surface area contributed by atoms with E-state index in [1.807, 2.05) is 91.7 Å². The number of nitrogens with zero attached hydrogens (tertiary/aromatic N) is 10. The van der Waals surface area contributed by atoms with Gasteiger partial charge in [0.15, 0.2) is 5.78 Å². The van der Waals surface area contributed by atoms with Crippen molar-refractivity contribution in [2.45, 2.75) is 142 Å². The lowest BCUT2D eigenvalue weighted by Gasteiger charge is -2.50. The van der Waals surface area contributed by atoms with Crippen LogP contribution in [-0.2, 0) is 42.4 Å². The molecule has 1 N–H and O–H groups in total. The molecule has 3 fully saturated rings. The number of fused-ring (bicyclic) bond motifs is 6. The number of hydrogen-bond donors (Lipinski definition) is 1. The fraction of sp³-hybridized carbons (Fsp3) is 0.541. The van der Waals surface area contributed by atoms with Crippen LogP contribution in [0.4, 0.5) is 26.3 Å². The zero-order chi connectivity index (χ0) is 72.6. The lowest BCUT2D eigenvalue weighted by molar-refractivity contribution is -0.144. The average Bonchev–Trinajstić information content (AvgIpc) is 1.35. The number of hydrogen-bond acceptors (Lipinski definition) is 13. The molecule has 6 aliphatic rings. The summed E-state index contributed by atoms with van der Waals surface area (Å²) in [6, 6.07) is 22.3. The first-order chi connectivity index (χ1) is 47.2. The van der Waals surface area contributed by atoms with E-state index in [0.717, 1.165) is 54.6 Å². The summed E-state index contributed by atoms with van der Waals surface area (Å²) in [5.74, 6) is 0.575. The number of rotatable bonds is 13. The maximum Gasteiger partial charge on any atom is 0.456 e.